The van der Waals surface area contributed by atoms with E-state index in [4.69, 9.17) is 0 Å². The van der Waals surface area contributed by atoms with Crippen molar-refractivity contribution >= 4 is 70.1 Å². The maximum Gasteiger partial charge on any atom is 0.0467 e. The molecule has 2 heteroatoms. The summed E-state index contributed by atoms with van der Waals surface area (Å²) >= 11 is 1.88. The summed E-state index contributed by atoms with van der Waals surface area (Å²) in [6.45, 7) is 0. The maximum absolute atomic E-state index is 2.40. The number of rotatable bonds is 6. The van der Waals surface area contributed by atoms with E-state index in [2.05, 4.69) is 205 Å². The molecule has 0 unspecified atom stereocenters. The number of benzene rings is 9. The lowest BCUT2D eigenvalue weighted by Gasteiger charge is -2.27. The predicted molar refractivity (Wildman–Crippen MR) is 225 cm³/mol. The van der Waals surface area contributed by atoms with E-state index in [9.17, 15) is 0 Å². The Labute approximate surface area is 307 Å². The van der Waals surface area contributed by atoms with Gasteiger partial charge in [0, 0.05) is 37.2 Å². The molecule has 10 aromatic rings. The number of thiophene rings is 1. The zero-order chi connectivity index (χ0) is 34.4. The Kier molecular flexibility index (Phi) is 7.41. The fourth-order valence-corrected chi connectivity index (χ4v) is 8.93. The van der Waals surface area contributed by atoms with Crippen LogP contribution < -0.4 is 4.90 Å². The van der Waals surface area contributed by atoms with E-state index in [0.29, 0.717) is 0 Å². The number of anilines is 3. The molecule has 1 aromatic heterocycles. The lowest BCUT2D eigenvalue weighted by Crippen LogP contribution is -2.10. The third-order valence-electron chi connectivity index (χ3n) is 10.2. The Morgan fingerprint density at radius 3 is 1.69 bits per heavy atom. The number of hydrogen-bond donors (Lipinski definition) is 0. The molecule has 244 valence electrons. The molecule has 0 saturated carbocycles. The monoisotopic (exact) mass is 679 g/mol. The molecule has 0 aliphatic heterocycles. The summed E-state index contributed by atoms with van der Waals surface area (Å²) in [5.41, 5.74) is 10.6. The quantitative estimate of drug-likeness (QED) is 0.169. The van der Waals surface area contributed by atoms with Crippen molar-refractivity contribution in [2.75, 3.05) is 4.90 Å². The lowest BCUT2D eigenvalue weighted by atomic mass is 9.97. The Morgan fingerprint density at radius 2 is 0.885 bits per heavy atom. The molecule has 0 radical (unpaired) electrons. The first kappa shape index (κ1) is 30.4. The van der Waals surface area contributed by atoms with Gasteiger partial charge in [-0.25, -0.2) is 0 Å². The molecule has 9 aromatic carbocycles. The fraction of sp³-hybridized carbons (Fsp3) is 0. The highest BCUT2D eigenvalue weighted by molar-refractivity contribution is 7.26. The van der Waals surface area contributed by atoms with Crippen LogP contribution in [0.2, 0.25) is 0 Å². The molecule has 0 aliphatic carbocycles. The molecule has 10 rings (SSSR count). The Bertz CT molecular complexity index is 2910. The van der Waals surface area contributed by atoms with Crippen molar-refractivity contribution in [3.63, 3.8) is 0 Å². The van der Waals surface area contributed by atoms with Crippen LogP contribution in [0.15, 0.2) is 200 Å². The number of nitrogens with zero attached hydrogens (tertiary/aromatic N) is 1. The van der Waals surface area contributed by atoms with Gasteiger partial charge in [-0.3, -0.25) is 0 Å². The minimum absolute atomic E-state index is 1.11. The molecule has 0 saturated heterocycles. The smallest absolute Gasteiger partial charge is 0.0467 e. The lowest BCUT2D eigenvalue weighted by molar-refractivity contribution is 1.28. The zero-order valence-electron chi connectivity index (χ0n) is 28.4. The first-order valence-electron chi connectivity index (χ1n) is 17.8. The van der Waals surface area contributed by atoms with Gasteiger partial charge in [0.05, 0.1) is 0 Å². The van der Waals surface area contributed by atoms with Crippen LogP contribution in [0.1, 0.15) is 0 Å². The molecule has 0 N–H and O–H groups in total. The van der Waals surface area contributed by atoms with E-state index in [1.165, 1.54) is 75.1 Å². The first-order valence-corrected chi connectivity index (χ1v) is 18.6. The average molecular weight is 680 g/mol. The first-order chi connectivity index (χ1) is 25.8. The van der Waals surface area contributed by atoms with E-state index in [1.807, 2.05) is 11.3 Å². The molecule has 0 amide bonds. The van der Waals surface area contributed by atoms with Gasteiger partial charge in [-0.05, 0) is 103 Å². The highest BCUT2D eigenvalue weighted by Gasteiger charge is 2.17. The summed E-state index contributed by atoms with van der Waals surface area (Å²) in [5.74, 6) is 0. The van der Waals surface area contributed by atoms with Crippen LogP contribution >= 0.6 is 11.3 Å². The van der Waals surface area contributed by atoms with Crippen LogP contribution in [0.5, 0.6) is 0 Å². The molecule has 0 spiro atoms. The van der Waals surface area contributed by atoms with Crippen molar-refractivity contribution in [2.24, 2.45) is 0 Å². The fourth-order valence-electron chi connectivity index (χ4n) is 7.70. The summed E-state index contributed by atoms with van der Waals surface area (Å²) in [6, 6.07) is 73.0. The average Bonchev–Trinajstić information content (AvgIpc) is 3.60. The van der Waals surface area contributed by atoms with Gasteiger partial charge in [-0.2, -0.15) is 0 Å². The van der Waals surface area contributed by atoms with Gasteiger partial charge in [-0.15, -0.1) is 11.3 Å². The van der Waals surface area contributed by atoms with Crippen molar-refractivity contribution in [3.05, 3.63) is 200 Å². The standard InChI is InChI=1S/C50H33NS/c1-2-13-37-31-38(26-25-34(37)11-1)35-27-29-41(30-28-35)51(42-17-7-15-39(32-42)45-21-9-14-36-12-3-4-19-44(36)45)43-18-8-16-40(33-43)46-22-10-23-48-47-20-5-6-24-49(47)52-50(46)48/h1-33H. The van der Waals surface area contributed by atoms with Crippen LogP contribution in [-0.2, 0) is 0 Å². The zero-order valence-corrected chi connectivity index (χ0v) is 29.2. The third-order valence-corrected chi connectivity index (χ3v) is 11.5. The minimum atomic E-state index is 1.11. The summed E-state index contributed by atoms with van der Waals surface area (Å²) in [6.07, 6.45) is 0. The number of fused-ring (bicyclic) bond motifs is 5. The number of hydrogen-bond acceptors (Lipinski definition) is 2. The van der Waals surface area contributed by atoms with Crippen LogP contribution in [-0.4, -0.2) is 0 Å². The molecular formula is C50H33NS. The molecule has 0 aliphatic rings. The van der Waals surface area contributed by atoms with Gasteiger partial charge >= 0.3 is 0 Å². The van der Waals surface area contributed by atoms with Gasteiger partial charge in [0.25, 0.3) is 0 Å². The summed E-state index contributed by atoms with van der Waals surface area (Å²) in [7, 11) is 0. The SMILES string of the molecule is c1cc(-c2cccc3ccccc23)cc(N(c2ccc(-c3ccc4ccccc4c3)cc2)c2cccc(-c3cccc4c3sc3ccccc34)c2)c1. The Hall–Kier alpha value is -6.48. The van der Waals surface area contributed by atoms with Crippen LogP contribution in [0.25, 0.3) is 75.1 Å². The topological polar surface area (TPSA) is 3.24 Å². The van der Waals surface area contributed by atoms with Crippen molar-refractivity contribution < 1.29 is 0 Å². The van der Waals surface area contributed by atoms with Crippen molar-refractivity contribution in [1.82, 2.24) is 0 Å². The van der Waals surface area contributed by atoms with E-state index >= 15 is 0 Å². The highest BCUT2D eigenvalue weighted by Crippen LogP contribution is 2.43. The van der Waals surface area contributed by atoms with E-state index in [1.54, 1.807) is 0 Å². The highest BCUT2D eigenvalue weighted by atomic mass is 32.1. The molecule has 1 heterocycles. The molecule has 0 fully saturated rings. The van der Waals surface area contributed by atoms with Crippen molar-refractivity contribution in [1.29, 1.82) is 0 Å². The van der Waals surface area contributed by atoms with Crippen molar-refractivity contribution in [2.45, 2.75) is 0 Å². The van der Waals surface area contributed by atoms with Gasteiger partial charge < -0.3 is 4.90 Å². The second-order valence-electron chi connectivity index (χ2n) is 13.4. The second-order valence-corrected chi connectivity index (χ2v) is 14.4. The van der Waals surface area contributed by atoms with Gasteiger partial charge in [0.2, 0.25) is 0 Å². The van der Waals surface area contributed by atoms with Crippen LogP contribution in [0.4, 0.5) is 17.1 Å². The van der Waals surface area contributed by atoms with Crippen molar-refractivity contribution in [3.8, 4) is 33.4 Å². The van der Waals surface area contributed by atoms with E-state index in [-0.39, 0.29) is 0 Å². The van der Waals surface area contributed by atoms with E-state index < -0.39 is 0 Å². The van der Waals surface area contributed by atoms with Gasteiger partial charge in [0.1, 0.15) is 0 Å². The molecular weight excluding hydrogens is 647 g/mol. The van der Waals surface area contributed by atoms with Gasteiger partial charge in [-0.1, -0.05) is 152 Å². The normalized spacial score (nSPS) is 11.5. The Morgan fingerprint density at radius 1 is 0.308 bits per heavy atom. The van der Waals surface area contributed by atoms with E-state index in [0.717, 1.165) is 17.1 Å². The maximum atomic E-state index is 2.40. The summed E-state index contributed by atoms with van der Waals surface area (Å²) < 4.78 is 2.64. The third kappa shape index (κ3) is 5.33. The Balaban J connectivity index is 1.12. The summed E-state index contributed by atoms with van der Waals surface area (Å²) in [4.78, 5) is 2.40. The summed E-state index contributed by atoms with van der Waals surface area (Å²) in [5, 5.41) is 7.64. The molecule has 1 nitrogen and oxygen atoms in total. The van der Waals surface area contributed by atoms with Crippen LogP contribution in [0.3, 0.4) is 0 Å². The second kappa shape index (κ2) is 12.7. The minimum Gasteiger partial charge on any atom is -0.310 e. The predicted octanol–water partition coefficient (Wildman–Crippen LogP) is 14.8. The molecule has 52 heavy (non-hydrogen) atoms. The molecule has 0 atom stereocenters. The molecule has 0 bridgehead atoms. The van der Waals surface area contributed by atoms with Crippen LogP contribution in [0, 0.1) is 0 Å². The van der Waals surface area contributed by atoms with Gasteiger partial charge in [0.15, 0.2) is 0 Å². The largest absolute Gasteiger partial charge is 0.310 e.